The number of hydrogen-bond acceptors (Lipinski definition) is 2. The summed E-state index contributed by atoms with van der Waals surface area (Å²) >= 11 is 0. The molecule has 0 rings (SSSR count). The highest BCUT2D eigenvalue weighted by Crippen LogP contribution is 2.09. The first-order valence-corrected chi connectivity index (χ1v) is 7.66. The van der Waals surface area contributed by atoms with Gasteiger partial charge in [-0.3, -0.25) is 0 Å². The summed E-state index contributed by atoms with van der Waals surface area (Å²) in [6.45, 7) is 9.53. The minimum atomic E-state index is 0.665. The molecular formula is C15H33NO. The first kappa shape index (κ1) is 16.9. The Balaban J connectivity index is 3.45. The second-order valence-corrected chi connectivity index (χ2v) is 4.86. The summed E-state index contributed by atoms with van der Waals surface area (Å²) in [5.74, 6) is 0. The highest BCUT2D eigenvalue weighted by atomic mass is 16.5. The molecule has 0 saturated carbocycles. The Morgan fingerprint density at radius 3 is 2.24 bits per heavy atom. The molecular weight excluding hydrogens is 210 g/mol. The van der Waals surface area contributed by atoms with Gasteiger partial charge >= 0.3 is 0 Å². The Hall–Kier alpha value is -0.0800. The second-order valence-electron chi connectivity index (χ2n) is 4.86. The van der Waals surface area contributed by atoms with Crippen molar-refractivity contribution < 1.29 is 4.74 Å². The maximum absolute atomic E-state index is 5.56. The molecule has 0 bridgehead atoms. The van der Waals surface area contributed by atoms with E-state index in [1.165, 1.54) is 44.9 Å². The van der Waals surface area contributed by atoms with E-state index >= 15 is 0 Å². The topological polar surface area (TPSA) is 21.3 Å². The van der Waals surface area contributed by atoms with Crippen molar-refractivity contribution in [2.75, 3.05) is 19.8 Å². The lowest BCUT2D eigenvalue weighted by molar-refractivity contribution is 0.123. The molecule has 0 saturated heterocycles. The van der Waals surface area contributed by atoms with Gasteiger partial charge in [0.05, 0.1) is 0 Å². The van der Waals surface area contributed by atoms with E-state index in [-0.39, 0.29) is 0 Å². The zero-order chi connectivity index (χ0) is 12.8. The highest BCUT2D eigenvalue weighted by molar-refractivity contribution is 4.65. The van der Waals surface area contributed by atoms with Crippen molar-refractivity contribution in [3.63, 3.8) is 0 Å². The molecule has 0 spiro atoms. The molecule has 0 aliphatic heterocycles. The van der Waals surface area contributed by atoms with Crippen LogP contribution in [0, 0.1) is 0 Å². The summed E-state index contributed by atoms with van der Waals surface area (Å²) in [5.41, 5.74) is 0. The monoisotopic (exact) mass is 243 g/mol. The van der Waals surface area contributed by atoms with Crippen LogP contribution in [0.4, 0.5) is 0 Å². The van der Waals surface area contributed by atoms with Gasteiger partial charge in [-0.15, -0.1) is 0 Å². The maximum atomic E-state index is 5.56. The minimum Gasteiger partial charge on any atom is -0.381 e. The molecule has 0 aromatic rings. The van der Waals surface area contributed by atoms with Crippen LogP contribution in [0.1, 0.15) is 72.1 Å². The van der Waals surface area contributed by atoms with Crippen LogP contribution in [-0.4, -0.2) is 25.8 Å². The average molecular weight is 243 g/mol. The molecule has 1 N–H and O–H groups in total. The van der Waals surface area contributed by atoms with E-state index in [4.69, 9.17) is 4.74 Å². The van der Waals surface area contributed by atoms with Crippen molar-refractivity contribution in [1.82, 2.24) is 5.32 Å². The number of nitrogens with one attached hydrogen (secondary N) is 1. The van der Waals surface area contributed by atoms with Crippen molar-refractivity contribution in [3.8, 4) is 0 Å². The van der Waals surface area contributed by atoms with Gasteiger partial charge < -0.3 is 10.1 Å². The zero-order valence-electron chi connectivity index (χ0n) is 12.3. The van der Waals surface area contributed by atoms with E-state index in [9.17, 15) is 0 Å². The van der Waals surface area contributed by atoms with Crippen LogP contribution in [0.2, 0.25) is 0 Å². The van der Waals surface area contributed by atoms with Crippen molar-refractivity contribution in [1.29, 1.82) is 0 Å². The van der Waals surface area contributed by atoms with Crippen LogP contribution in [-0.2, 0) is 4.74 Å². The second kappa shape index (κ2) is 14.0. The molecule has 0 radical (unpaired) electrons. The van der Waals surface area contributed by atoms with E-state index in [1.54, 1.807) is 0 Å². The fraction of sp³-hybridized carbons (Fsp3) is 1.00. The quantitative estimate of drug-likeness (QED) is 0.491. The Kier molecular flexibility index (Phi) is 13.9. The maximum Gasteiger partial charge on any atom is 0.0480 e. The van der Waals surface area contributed by atoms with Gasteiger partial charge in [0.15, 0.2) is 0 Å². The molecule has 1 atom stereocenters. The predicted molar refractivity (Wildman–Crippen MR) is 76.6 cm³/mol. The summed E-state index contributed by atoms with van der Waals surface area (Å²) in [6.07, 6.45) is 10.5. The number of hydrogen-bond donors (Lipinski definition) is 1. The fourth-order valence-corrected chi connectivity index (χ4v) is 2.10. The molecule has 0 aliphatic carbocycles. The van der Waals surface area contributed by atoms with Gasteiger partial charge in [-0.2, -0.15) is 0 Å². The first-order valence-electron chi connectivity index (χ1n) is 7.66. The van der Waals surface area contributed by atoms with Gasteiger partial charge in [-0.25, -0.2) is 0 Å². The van der Waals surface area contributed by atoms with Crippen molar-refractivity contribution in [2.45, 2.75) is 78.2 Å². The predicted octanol–water partition coefficient (Wildman–Crippen LogP) is 4.14. The summed E-state index contributed by atoms with van der Waals surface area (Å²) < 4.78 is 5.56. The largest absolute Gasteiger partial charge is 0.381 e. The van der Waals surface area contributed by atoms with Crippen molar-refractivity contribution in [2.24, 2.45) is 0 Å². The third-order valence-electron chi connectivity index (χ3n) is 3.11. The van der Waals surface area contributed by atoms with Gasteiger partial charge in [0.2, 0.25) is 0 Å². The summed E-state index contributed by atoms with van der Waals surface area (Å²) in [6, 6.07) is 0.665. The molecule has 1 unspecified atom stereocenters. The molecule has 0 fully saturated rings. The smallest absolute Gasteiger partial charge is 0.0480 e. The highest BCUT2D eigenvalue weighted by Gasteiger charge is 2.06. The average Bonchev–Trinajstić information content (AvgIpc) is 2.34. The Bertz CT molecular complexity index is 139. The molecule has 2 heteroatoms. The SMILES string of the molecule is CCCCCCCC(CCOCCC)NCC. The molecule has 0 heterocycles. The Labute approximate surface area is 109 Å². The first-order chi connectivity index (χ1) is 8.35. The van der Waals surface area contributed by atoms with Gasteiger partial charge in [0.1, 0.15) is 0 Å². The van der Waals surface area contributed by atoms with Gasteiger partial charge in [-0.1, -0.05) is 52.9 Å². The van der Waals surface area contributed by atoms with Crippen molar-refractivity contribution in [3.05, 3.63) is 0 Å². The van der Waals surface area contributed by atoms with Gasteiger partial charge in [-0.05, 0) is 25.8 Å². The minimum absolute atomic E-state index is 0.665. The molecule has 0 aromatic heterocycles. The third kappa shape index (κ3) is 12.2. The van der Waals surface area contributed by atoms with E-state index < -0.39 is 0 Å². The van der Waals surface area contributed by atoms with E-state index in [2.05, 4.69) is 26.1 Å². The Morgan fingerprint density at radius 1 is 0.824 bits per heavy atom. The van der Waals surface area contributed by atoms with Crippen LogP contribution < -0.4 is 5.32 Å². The lowest BCUT2D eigenvalue weighted by Gasteiger charge is -2.17. The Morgan fingerprint density at radius 2 is 1.59 bits per heavy atom. The van der Waals surface area contributed by atoms with E-state index in [0.29, 0.717) is 6.04 Å². The summed E-state index contributed by atoms with van der Waals surface area (Å²) in [7, 11) is 0. The molecule has 0 amide bonds. The lowest BCUT2D eigenvalue weighted by atomic mass is 10.0. The van der Waals surface area contributed by atoms with Crippen LogP contribution in [0.5, 0.6) is 0 Å². The summed E-state index contributed by atoms with van der Waals surface area (Å²) in [5, 5.41) is 3.57. The van der Waals surface area contributed by atoms with Crippen LogP contribution in [0.15, 0.2) is 0 Å². The van der Waals surface area contributed by atoms with Crippen LogP contribution in [0.3, 0.4) is 0 Å². The van der Waals surface area contributed by atoms with Gasteiger partial charge in [0.25, 0.3) is 0 Å². The zero-order valence-corrected chi connectivity index (χ0v) is 12.3. The molecule has 17 heavy (non-hydrogen) atoms. The normalized spacial score (nSPS) is 12.9. The molecule has 0 aromatic carbocycles. The van der Waals surface area contributed by atoms with Gasteiger partial charge in [0, 0.05) is 19.3 Å². The number of rotatable bonds is 13. The van der Waals surface area contributed by atoms with Crippen molar-refractivity contribution >= 4 is 0 Å². The number of unbranched alkanes of at least 4 members (excludes halogenated alkanes) is 4. The molecule has 0 aliphatic rings. The molecule has 104 valence electrons. The van der Waals surface area contributed by atoms with Crippen LogP contribution >= 0.6 is 0 Å². The fourth-order valence-electron chi connectivity index (χ4n) is 2.10. The standard InChI is InChI=1S/C15H33NO/c1-4-7-8-9-10-11-15(16-6-3)12-14-17-13-5-2/h15-16H,4-14H2,1-3H3. The lowest BCUT2D eigenvalue weighted by Crippen LogP contribution is -2.30. The number of ether oxygens (including phenoxy) is 1. The van der Waals surface area contributed by atoms with E-state index in [0.717, 1.165) is 26.2 Å². The van der Waals surface area contributed by atoms with E-state index in [1.807, 2.05) is 0 Å². The molecule has 2 nitrogen and oxygen atoms in total. The summed E-state index contributed by atoms with van der Waals surface area (Å²) in [4.78, 5) is 0. The van der Waals surface area contributed by atoms with Crippen LogP contribution in [0.25, 0.3) is 0 Å². The third-order valence-corrected chi connectivity index (χ3v) is 3.11.